The summed E-state index contributed by atoms with van der Waals surface area (Å²) in [4.78, 5) is 22.5. The average Bonchev–Trinajstić information content (AvgIpc) is 2.45. The molecule has 0 aliphatic carbocycles. The Labute approximate surface area is 130 Å². The molecule has 6 heteroatoms. The van der Waals surface area contributed by atoms with Crippen molar-refractivity contribution in [1.82, 2.24) is 5.32 Å². The Balaban J connectivity index is 2.38. The second-order valence-corrected chi connectivity index (χ2v) is 5.58. The van der Waals surface area contributed by atoms with Crippen LogP contribution in [0.5, 0.6) is 11.5 Å². The van der Waals surface area contributed by atoms with E-state index in [1.807, 2.05) is 12.1 Å². The Kier molecular flexibility index (Phi) is 6.69. The van der Waals surface area contributed by atoms with Gasteiger partial charge >= 0.3 is 5.97 Å². The van der Waals surface area contributed by atoms with Crippen LogP contribution in [0.25, 0.3) is 0 Å². The van der Waals surface area contributed by atoms with E-state index >= 15 is 0 Å². The predicted molar refractivity (Wildman–Crippen MR) is 82.2 cm³/mol. The van der Waals surface area contributed by atoms with Gasteiger partial charge in [-0.3, -0.25) is 9.59 Å². The van der Waals surface area contributed by atoms with Gasteiger partial charge in [0.1, 0.15) is 0 Å². The van der Waals surface area contributed by atoms with Gasteiger partial charge in [0, 0.05) is 12.0 Å². The summed E-state index contributed by atoms with van der Waals surface area (Å²) in [6.07, 6.45) is 0.584. The molecule has 0 bridgehead atoms. The molecule has 0 fully saturated rings. The van der Waals surface area contributed by atoms with Crippen molar-refractivity contribution >= 4 is 11.9 Å². The first-order chi connectivity index (χ1) is 10.3. The predicted octanol–water partition coefficient (Wildman–Crippen LogP) is 2.22. The van der Waals surface area contributed by atoms with E-state index < -0.39 is 11.5 Å². The van der Waals surface area contributed by atoms with Gasteiger partial charge < -0.3 is 19.9 Å². The van der Waals surface area contributed by atoms with Crippen LogP contribution in [0, 0.1) is 0 Å². The number of para-hydroxylation sites is 2. The average molecular weight is 309 g/mol. The monoisotopic (exact) mass is 309 g/mol. The number of aliphatic carboxylic acids is 1. The van der Waals surface area contributed by atoms with Crippen LogP contribution in [0.2, 0.25) is 0 Å². The number of carbonyl (C=O) groups excluding carboxylic acids is 1. The summed E-state index contributed by atoms with van der Waals surface area (Å²) in [7, 11) is 1.56. The minimum atomic E-state index is -0.873. The van der Waals surface area contributed by atoms with Gasteiger partial charge in [0.25, 0.3) is 0 Å². The minimum absolute atomic E-state index is 0.0188. The Bertz CT molecular complexity index is 513. The first kappa shape index (κ1) is 17.8. The summed E-state index contributed by atoms with van der Waals surface area (Å²) < 4.78 is 10.7. The van der Waals surface area contributed by atoms with Crippen molar-refractivity contribution in [3.8, 4) is 11.5 Å². The number of amides is 1. The quantitative estimate of drug-likeness (QED) is 0.730. The van der Waals surface area contributed by atoms with Gasteiger partial charge in [0.15, 0.2) is 11.5 Å². The highest BCUT2D eigenvalue weighted by molar-refractivity contribution is 5.77. The van der Waals surface area contributed by atoms with Gasteiger partial charge in [-0.15, -0.1) is 0 Å². The fourth-order valence-corrected chi connectivity index (χ4v) is 1.91. The number of hydrogen-bond acceptors (Lipinski definition) is 4. The summed E-state index contributed by atoms with van der Waals surface area (Å²) in [6, 6.07) is 7.22. The van der Waals surface area contributed by atoms with Crippen molar-refractivity contribution < 1.29 is 24.2 Å². The lowest BCUT2D eigenvalue weighted by molar-refractivity contribution is -0.137. The Morgan fingerprint density at radius 1 is 1.18 bits per heavy atom. The zero-order valence-electron chi connectivity index (χ0n) is 13.2. The van der Waals surface area contributed by atoms with Crippen LogP contribution < -0.4 is 14.8 Å². The van der Waals surface area contributed by atoms with E-state index in [0.717, 1.165) is 0 Å². The number of rotatable bonds is 9. The van der Waals surface area contributed by atoms with Gasteiger partial charge in [0.05, 0.1) is 20.1 Å². The molecule has 0 unspecified atom stereocenters. The van der Waals surface area contributed by atoms with E-state index in [4.69, 9.17) is 14.6 Å². The summed E-state index contributed by atoms with van der Waals surface area (Å²) >= 11 is 0. The lowest BCUT2D eigenvalue weighted by atomic mass is 9.98. The van der Waals surface area contributed by atoms with Crippen LogP contribution in [0.1, 0.15) is 33.1 Å². The molecular weight excluding hydrogens is 286 g/mol. The Morgan fingerprint density at radius 3 is 2.41 bits per heavy atom. The first-order valence-corrected chi connectivity index (χ1v) is 7.13. The number of methoxy groups -OCH3 is 1. The number of ether oxygens (including phenoxy) is 2. The molecule has 0 radical (unpaired) electrons. The highest BCUT2D eigenvalue weighted by Crippen LogP contribution is 2.25. The molecule has 6 nitrogen and oxygen atoms in total. The summed E-state index contributed by atoms with van der Waals surface area (Å²) in [5.74, 6) is 0.153. The van der Waals surface area contributed by atoms with Crippen LogP contribution in [-0.2, 0) is 9.59 Å². The maximum atomic E-state index is 11.9. The van der Waals surface area contributed by atoms with E-state index in [2.05, 4.69) is 5.32 Å². The zero-order chi connectivity index (χ0) is 16.6. The zero-order valence-corrected chi connectivity index (χ0v) is 13.2. The van der Waals surface area contributed by atoms with Crippen molar-refractivity contribution in [3.63, 3.8) is 0 Å². The molecule has 1 aromatic rings. The normalized spacial score (nSPS) is 10.9. The third kappa shape index (κ3) is 6.47. The van der Waals surface area contributed by atoms with Crippen molar-refractivity contribution in [2.24, 2.45) is 0 Å². The van der Waals surface area contributed by atoms with Crippen molar-refractivity contribution in [2.75, 3.05) is 13.7 Å². The third-order valence-electron chi connectivity index (χ3n) is 3.10. The Hall–Kier alpha value is -2.24. The topological polar surface area (TPSA) is 84.9 Å². The van der Waals surface area contributed by atoms with Gasteiger partial charge in [-0.25, -0.2) is 0 Å². The van der Waals surface area contributed by atoms with E-state index in [1.54, 1.807) is 33.1 Å². The molecule has 0 heterocycles. The van der Waals surface area contributed by atoms with Crippen molar-refractivity contribution in [2.45, 2.75) is 38.6 Å². The van der Waals surface area contributed by atoms with Gasteiger partial charge in [0.2, 0.25) is 5.91 Å². The molecule has 0 spiro atoms. The molecule has 0 aromatic heterocycles. The molecule has 22 heavy (non-hydrogen) atoms. The number of carbonyl (C=O) groups is 2. The number of hydrogen-bond donors (Lipinski definition) is 2. The van der Waals surface area contributed by atoms with E-state index in [-0.39, 0.29) is 25.4 Å². The molecule has 1 amide bonds. The van der Waals surface area contributed by atoms with Crippen molar-refractivity contribution in [3.05, 3.63) is 24.3 Å². The van der Waals surface area contributed by atoms with E-state index in [1.165, 1.54) is 0 Å². The third-order valence-corrected chi connectivity index (χ3v) is 3.10. The molecule has 122 valence electrons. The second kappa shape index (κ2) is 8.26. The Morgan fingerprint density at radius 2 is 1.82 bits per heavy atom. The lowest BCUT2D eigenvalue weighted by Crippen LogP contribution is -2.44. The minimum Gasteiger partial charge on any atom is -0.493 e. The standard InChI is InChI=1S/C16H23NO5/c1-16(2,10-8-15(19)20)17-14(18)9-11-22-13-7-5-4-6-12(13)21-3/h4-7H,8-11H2,1-3H3,(H,17,18)(H,19,20). The van der Waals surface area contributed by atoms with Crippen LogP contribution >= 0.6 is 0 Å². The SMILES string of the molecule is COc1ccccc1OCCC(=O)NC(C)(C)CCC(=O)O. The van der Waals surface area contributed by atoms with E-state index in [9.17, 15) is 9.59 Å². The van der Waals surface area contributed by atoms with E-state index in [0.29, 0.717) is 17.9 Å². The number of carboxylic acid groups (broad SMARTS) is 1. The molecule has 0 aliphatic rings. The number of nitrogens with one attached hydrogen (secondary N) is 1. The fraction of sp³-hybridized carbons (Fsp3) is 0.500. The summed E-state index contributed by atoms with van der Waals surface area (Å²) in [5, 5.41) is 11.5. The molecule has 2 N–H and O–H groups in total. The smallest absolute Gasteiger partial charge is 0.303 e. The molecule has 0 saturated heterocycles. The first-order valence-electron chi connectivity index (χ1n) is 7.13. The van der Waals surface area contributed by atoms with Crippen molar-refractivity contribution in [1.29, 1.82) is 0 Å². The van der Waals surface area contributed by atoms with Crippen LogP contribution in [0.3, 0.4) is 0 Å². The van der Waals surface area contributed by atoms with Crippen LogP contribution in [0.15, 0.2) is 24.3 Å². The second-order valence-electron chi connectivity index (χ2n) is 5.58. The highest BCUT2D eigenvalue weighted by Gasteiger charge is 2.21. The molecule has 1 aromatic carbocycles. The fourth-order valence-electron chi connectivity index (χ4n) is 1.91. The number of carboxylic acids is 1. The van der Waals surface area contributed by atoms with Gasteiger partial charge in [-0.05, 0) is 32.4 Å². The molecule has 1 rings (SSSR count). The van der Waals surface area contributed by atoms with Gasteiger partial charge in [-0.2, -0.15) is 0 Å². The number of benzene rings is 1. The highest BCUT2D eigenvalue weighted by atomic mass is 16.5. The summed E-state index contributed by atoms with van der Waals surface area (Å²) in [5.41, 5.74) is -0.556. The van der Waals surface area contributed by atoms with Gasteiger partial charge in [-0.1, -0.05) is 12.1 Å². The summed E-state index contributed by atoms with van der Waals surface area (Å²) in [6.45, 7) is 3.82. The van der Waals surface area contributed by atoms with Crippen LogP contribution in [0.4, 0.5) is 0 Å². The maximum absolute atomic E-state index is 11.9. The lowest BCUT2D eigenvalue weighted by Gasteiger charge is -2.25. The molecular formula is C16H23NO5. The largest absolute Gasteiger partial charge is 0.493 e. The molecule has 0 atom stereocenters. The molecule has 0 saturated carbocycles. The van der Waals surface area contributed by atoms with Crippen LogP contribution in [-0.4, -0.2) is 36.2 Å². The molecule has 0 aliphatic heterocycles. The maximum Gasteiger partial charge on any atom is 0.303 e.